The van der Waals surface area contributed by atoms with Crippen LogP contribution >= 0.6 is 0 Å². The zero-order valence-corrected chi connectivity index (χ0v) is 12.7. The minimum Gasteiger partial charge on any atom is -0.302 e. The first-order valence-corrected chi connectivity index (χ1v) is 7.67. The Bertz CT molecular complexity index is 525. The van der Waals surface area contributed by atoms with Crippen molar-refractivity contribution in [3.8, 4) is 0 Å². The first-order chi connectivity index (χ1) is 10.2. The summed E-state index contributed by atoms with van der Waals surface area (Å²) < 4.78 is 13.0. The maximum atomic E-state index is 13.0. The second-order valence-corrected chi connectivity index (χ2v) is 5.28. The summed E-state index contributed by atoms with van der Waals surface area (Å²) in [5, 5.41) is 3.67. The first kappa shape index (κ1) is 15.6. The van der Waals surface area contributed by atoms with Gasteiger partial charge in [-0.2, -0.15) is 0 Å². The number of hydrogen-bond acceptors (Lipinski definition) is 2. The largest absolute Gasteiger partial charge is 0.302 e. The average Bonchev–Trinajstić information content (AvgIpc) is 2.53. The number of halogens is 1. The molecule has 1 heterocycles. The van der Waals surface area contributed by atoms with Gasteiger partial charge in [0.2, 0.25) is 0 Å². The molecule has 112 valence electrons. The Morgan fingerprint density at radius 1 is 1.05 bits per heavy atom. The lowest BCUT2D eigenvalue weighted by Crippen LogP contribution is -2.26. The number of hydrogen-bond donors (Lipinski definition) is 1. The zero-order valence-electron chi connectivity index (χ0n) is 12.7. The number of nitrogens with zero attached hydrogens (tertiary/aromatic N) is 1. The van der Waals surface area contributed by atoms with E-state index >= 15 is 0 Å². The highest BCUT2D eigenvalue weighted by atomic mass is 19.1. The second kappa shape index (κ2) is 7.89. The molecule has 0 saturated carbocycles. The van der Waals surface area contributed by atoms with Crippen molar-refractivity contribution < 1.29 is 4.39 Å². The number of aromatic nitrogens is 1. The Balaban J connectivity index is 2.15. The predicted octanol–water partition coefficient (Wildman–Crippen LogP) is 4.80. The molecule has 3 heteroatoms. The third-order valence-electron chi connectivity index (χ3n) is 3.70. The van der Waals surface area contributed by atoms with Gasteiger partial charge in [-0.25, -0.2) is 4.39 Å². The third kappa shape index (κ3) is 4.36. The molecule has 0 aliphatic rings. The SMILES string of the molecule is CCCC(NC(CC)c1ccc(F)cn1)c1ccccc1. The molecule has 2 nitrogen and oxygen atoms in total. The predicted molar refractivity (Wildman–Crippen MR) is 84.5 cm³/mol. The van der Waals surface area contributed by atoms with Crippen molar-refractivity contribution in [1.29, 1.82) is 0 Å². The van der Waals surface area contributed by atoms with Gasteiger partial charge in [-0.15, -0.1) is 0 Å². The highest BCUT2D eigenvalue weighted by Gasteiger charge is 2.17. The fourth-order valence-electron chi connectivity index (χ4n) is 2.57. The van der Waals surface area contributed by atoms with Crippen molar-refractivity contribution in [2.75, 3.05) is 0 Å². The van der Waals surface area contributed by atoms with E-state index in [2.05, 4.69) is 48.4 Å². The van der Waals surface area contributed by atoms with Gasteiger partial charge >= 0.3 is 0 Å². The second-order valence-electron chi connectivity index (χ2n) is 5.28. The van der Waals surface area contributed by atoms with Crippen molar-refractivity contribution in [2.24, 2.45) is 0 Å². The van der Waals surface area contributed by atoms with E-state index in [0.717, 1.165) is 25.0 Å². The molecule has 2 rings (SSSR count). The molecule has 2 aromatic rings. The van der Waals surface area contributed by atoms with E-state index in [0.29, 0.717) is 6.04 Å². The standard InChI is InChI=1S/C18H23FN2/c1-3-8-17(14-9-6-5-7-10-14)21-16(4-2)18-12-11-15(19)13-20-18/h5-7,9-13,16-17,21H,3-4,8H2,1-2H3. The molecule has 1 aromatic heterocycles. The van der Waals surface area contributed by atoms with Gasteiger partial charge in [0, 0.05) is 12.1 Å². The van der Waals surface area contributed by atoms with Crippen molar-refractivity contribution in [2.45, 2.75) is 45.2 Å². The molecule has 2 atom stereocenters. The molecule has 1 aromatic carbocycles. The highest BCUT2D eigenvalue weighted by molar-refractivity contribution is 5.20. The summed E-state index contributed by atoms with van der Waals surface area (Å²) in [6, 6.07) is 14.2. The van der Waals surface area contributed by atoms with E-state index in [-0.39, 0.29) is 11.9 Å². The summed E-state index contributed by atoms with van der Waals surface area (Å²) in [4.78, 5) is 4.22. The van der Waals surface area contributed by atoms with Crippen LogP contribution in [0.2, 0.25) is 0 Å². The summed E-state index contributed by atoms with van der Waals surface area (Å²) in [5.41, 5.74) is 2.19. The summed E-state index contributed by atoms with van der Waals surface area (Å²) in [7, 11) is 0. The molecule has 0 aliphatic carbocycles. The smallest absolute Gasteiger partial charge is 0.141 e. The van der Waals surface area contributed by atoms with Crippen LogP contribution in [0.3, 0.4) is 0 Å². The first-order valence-electron chi connectivity index (χ1n) is 7.67. The summed E-state index contributed by atoms with van der Waals surface area (Å²) in [6.07, 6.45) is 4.39. The Labute approximate surface area is 126 Å². The fraction of sp³-hybridized carbons (Fsp3) is 0.389. The van der Waals surface area contributed by atoms with Crippen LogP contribution < -0.4 is 5.32 Å². The number of benzene rings is 1. The summed E-state index contributed by atoms with van der Waals surface area (Å²) >= 11 is 0. The number of rotatable bonds is 7. The van der Waals surface area contributed by atoms with E-state index < -0.39 is 0 Å². The van der Waals surface area contributed by atoms with E-state index in [1.165, 1.54) is 17.8 Å². The van der Waals surface area contributed by atoms with Gasteiger partial charge in [-0.3, -0.25) is 4.98 Å². The maximum absolute atomic E-state index is 13.0. The molecule has 0 amide bonds. The van der Waals surface area contributed by atoms with E-state index in [4.69, 9.17) is 0 Å². The van der Waals surface area contributed by atoms with Crippen molar-refractivity contribution in [3.63, 3.8) is 0 Å². The normalized spacial score (nSPS) is 13.9. The highest BCUT2D eigenvalue weighted by Crippen LogP contribution is 2.24. The van der Waals surface area contributed by atoms with E-state index in [1.54, 1.807) is 6.07 Å². The Hall–Kier alpha value is -1.74. The van der Waals surface area contributed by atoms with Gasteiger partial charge in [0.15, 0.2) is 0 Å². The lowest BCUT2D eigenvalue weighted by Gasteiger charge is -2.25. The summed E-state index contributed by atoms with van der Waals surface area (Å²) in [6.45, 7) is 4.31. The van der Waals surface area contributed by atoms with Crippen molar-refractivity contribution in [1.82, 2.24) is 10.3 Å². The number of pyridine rings is 1. The van der Waals surface area contributed by atoms with E-state index in [9.17, 15) is 4.39 Å². The van der Waals surface area contributed by atoms with Crippen LogP contribution in [-0.4, -0.2) is 4.98 Å². The van der Waals surface area contributed by atoms with Crippen molar-refractivity contribution in [3.05, 3.63) is 65.7 Å². The van der Waals surface area contributed by atoms with Gasteiger partial charge in [-0.1, -0.05) is 50.6 Å². The van der Waals surface area contributed by atoms with Crippen LogP contribution in [-0.2, 0) is 0 Å². The van der Waals surface area contributed by atoms with Crippen LogP contribution in [0.5, 0.6) is 0 Å². The topological polar surface area (TPSA) is 24.9 Å². The lowest BCUT2D eigenvalue weighted by molar-refractivity contribution is 0.406. The fourth-order valence-corrected chi connectivity index (χ4v) is 2.57. The molecule has 0 aliphatic heterocycles. The van der Waals surface area contributed by atoms with Gasteiger partial charge < -0.3 is 5.32 Å². The average molecular weight is 286 g/mol. The molecule has 0 saturated heterocycles. The Kier molecular flexibility index (Phi) is 5.88. The quantitative estimate of drug-likeness (QED) is 0.790. The monoisotopic (exact) mass is 286 g/mol. The molecule has 1 N–H and O–H groups in total. The molecule has 0 spiro atoms. The summed E-state index contributed by atoms with van der Waals surface area (Å²) in [5.74, 6) is -0.290. The Morgan fingerprint density at radius 2 is 1.81 bits per heavy atom. The van der Waals surface area contributed by atoms with Gasteiger partial charge in [0.1, 0.15) is 5.82 Å². The molecule has 2 unspecified atom stereocenters. The molecule has 21 heavy (non-hydrogen) atoms. The Morgan fingerprint density at radius 3 is 2.38 bits per heavy atom. The van der Waals surface area contributed by atoms with Crippen LogP contribution in [0, 0.1) is 5.82 Å². The molecule has 0 bridgehead atoms. The number of nitrogens with one attached hydrogen (secondary N) is 1. The third-order valence-corrected chi connectivity index (χ3v) is 3.70. The van der Waals surface area contributed by atoms with Gasteiger partial charge in [0.05, 0.1) is 11.9 Å². The molecule has 0 radical (unpaired) electrons. The van der Waals surface area contributed by atoms with Crippen LogP contribution in [0.15, 0.2) is 48.7 Å². The molecular formula is C18H23FN2. The molecule has 0 fully saturated rings. The van der Waals surface area contributed by atoms with Gasteiger partial charge in [0.25, 0.3) is 0 Å². The van der Waals surface area contributed by atoms with E-state index in [1.807, 2.05) is 6.07 Å². The lowest BCUT2D eigenvalue weighted by atomic mass is 10.00. The zero-order chi connectivity index (χ0) is 15.1. The molecular weight excluding hydrogens is 263 g/mol. The van der Waals surface area contributed by atoms with Crippen LogP contribution in [0.25, 0.3) is 0 Å². The van der Waals surface area contributed by atoms with Gasteiger partial charge in [-0.05, 0) is 30.5 Å². The van der Waals surface area contributed by atoms with Crippen LogP contribution in [0.4, 0.5) is 4.39 Å². The maximum Gasteiger partial charge on any atom is 0.141 e. The van der Waals surface area contributed by atoms with Crippen LogP contribution in [0.1, 0.15) is 56.5 Å². The minimum absolute atomic E-state index is 0.141. The minimum atomic E-state index is -0.290. The van der Waals surface area contributed by atoms with Crippen molar-refractivity contribution >= 4 is 0 Å².